The number of unbranched alkanes of at least 4 members (excludes halogenated alkanes) is 3. The standard InChI is InChI=1S/C29H44O2/c1-3-5-6-7-17-31-29-15-13-25-19-23(9-11-27(25)21-29)22-8-10-26-20-28(30-16-4-2)14-12-24(26)18-22/h4,13,15,21-24,26,28H,2-3,5-12,14,16-20H2,1H3/t22?,23?,24-,26?,28-/m1/s1. The molecular weight excluding hydrogens is 380 g/mol. The zero-order valence-electron chi connectivity index (χ0n) is 19.8. The summed E-state index contributed by atoms with van der Waals surface area (Å²) in [7, 11) is 0. The number of aryl methyl sites for hydroxylation is 1. The maximum Gasteiger partial charge on any atom is 0.119 e. The Labute approximate surface area is 190 Å². The number of ether oxygens (including phenoxy) is 2. The van der Waals surface area contributed by atoms with E-state index in [9.17, 15) is 0 Å². The fourth-order valence-electron chi connectivity index (χ4n) is 6.64. The third kappa shape index (κ3) is 6.15. The first kappa shape index (κ1) is 22.9. The van der Waals surface area contributed by atoms with Gasteiger partial charge in [0.15, 0.2) is 0 Å². The van der Waals surface area contributed by atoms with E-state index in [-0.39, 0.29) is 0 Å². The molecule has 1 aromatic rings. The van der Waals surface area contributed by atoms with E-state index in [2.05, 4.69) is 31.7 Å². The van der Waals surface area contributed by atoms with Crippen LogP contribution in [-0.4, -0.2) is 19.3 Å². The van der Waals surface area contributed by atoms with Crippen molar-refractivity contribution < 1.29 is 9.47 Å². The van der Waals surface area contributed by atoms with Crippen LogP contribution >= 0.6 is 0 Å². The van der Waals surface area contributed by atoms with E-state index in [0.29, 0.717) is 6.10 Å². The van der Waals surface area contributed by atoms with Gasteiger partial charge < -0.3 is 9.47 Å². The highest BCUT2D eigenvalue weighted by Crippen LogP contribution is 2.47. The first-order valence-corrected chi connectivity index (χ1v) is 13.2. The van der Waals surface area contributed by atoms with E-state index in [4.69, 9.17) is 9.47 Å². The van der Waals surface area contributed by atoms with E-state index in [1.54, 1.807) is 11.1 Å². The fourth-order valence-corrected chi connectivity index (χ4v) is 6.64. The van der Waals surface area contributed by atoms with Crippen LogP contribution in [0.4, 0.5) is 0 Å². The van der Waals surface area contributed by atoms with Crippen LogP contribution in [0.15, 0.2) is 30.9 Å². The second-order valence-electron chi connectivity index (χ2n) is 10.5. The normalized spacial score (nSPS) is 30.3. The Morgan fingerprint density at radius 2 is 1.71 bits per heavy atom. The molecule has 2 fully saturated rings. The highest BCUT2D eigenvalue weighted by atomic mass is 16.5. The van der Waals surface area contributed by atoms with Gasteiger partial charge in [-0.1, -0.05) is 38.3 Å². The van der Waals surface area contributed by atoms with Crippen molar-refractivity contribution in [3.8, 4) is 5.75 Å². The van der Waals surface area contributed by atoms with Gasteiger partial charge in [0.05, 0.1) is 19.3 Å². The summed E-state index contributed by atoms with van der Waals surface area (Å²) in [6, 6.07) is 6.94. The number of rotatable bonds is 10. The molecule has 3 unspecified atom stereocenters. The van der Waals surface area contributed by atoms with Gasteiger partial charge in [0, 0.05) is 0 Å². The Balaban J connectivity index is 1.25. The first-order chi connectivity index (χ1) is 15.3. The highest BCUT2D eigenvalue weighted by Gasteiger charge is 2.38. The molecular formula is C29H44O2. The largest absolute Gasteiger partial charge is 0.494 e. The zero-order chi connectivity index (χ0) is 21.5. The molecule has 0 aliphatic heterocycles. The molecule has 172 valence electrons. The molecule has 0 N–H and O–H groups in total. The summed E-state index contributed by atoms with van der Waals surface area (Å²) in [6.45, 7) is 7.64. The molecule has 31 heavy (non-hydrogen) atoms. The Morgan fingerprint density at radius 1 is 0.903 bits per heavy atom. The van der Waals surface area contributed by atoms with Gasteiger partial charge in [0.25, 0.3) is 0 Å². The Kier molecular flexibility index (Phi) is 8.53. The molecule has 0 amide bonds. The van der Waals surface area contributed by atoms with Gasteiger partial charge in [-0.25, -0.2) is 0 Å². The van der Waals surface area contributed by atoms with Crippen LogP contribution in [0.3, 0.4) is 0 Å². The Morgan fingerprint density at radius 3 is 2.55 bits per heavy atom. The van der Waals surface area contributed by atoms with Crippen molar-refractivity contribution in [2.24, 2.45) is 23.7 Å². The number of benzene rings is 1. The van der Waals surface area contributed by atoms with Crippen molar-refractivity contribution in [1.29, 1.82) is 0 Å². The van der Waals surface area contributed by atoms with Crippen molar-refractivity contribution in [1.82, 2.24) is 0 Å². The third-order valence-electron chi connectivity index (χ3n) is 8.43. The topological polar surface area (TPSA) is 18.5 Å². The summed E-state index contributed by atoms with van der Waals surface area (Å²) in [5, 5.41) is 0. The molecule has 2 heteroatoms. The van der Waals surface area contributed by atoms with Crippen LogP contribution in [0, 0.1) is 23.7 Å². The molecule has 3 aliphatic carbocycles. The van der Waals surface area contributed by atoms with Gasteiger partial charge in [-0.3, -0.25) is 0 Å². The first-order valence-electron chi connectivity index (χ1n) is 13.2. The molecule has 0 saturated heterocycles. The average Bonchev–Trinajstić information content (AvgIpc) is 2.81. The van der Waals surface area contributed by atoms with E-state index in [1.807, 2.05) is 6.08 Å². The van der Waals surface area contributed by atoms with Crippen LogP contribution in [0.25, 0.3) is 0 Å². The van der Waals surface area contributed by atoms with E-state index >= 15 is 0 Å². The minimum absolute atomic E-state index is 0.486. The lowest BCUT2D eigenvalue weighted by atomic mass is 9.62. The smallest absolute Gasteiger partial charge is 0.119 e. The Hall–Kier alpha value is -1.28. The van der Waals surface area contributed by atoms with Gasteiger partial charge in [-0.05, 0) is 111 Å². The van der Waals surface area contributed by atoms with Crippen molar-refractivity contribution in [2.75, 3.05) is 13.2 Å². The summed E-state index contributed by atoms with van der Waals surface area (Å²) in [5.74, 6) is 4.78. The van der Waals surface area contributed by atoms with Gasteiger partial charge >= 0.3 is 0 Å². The highest BCUT2D eigenvalue weighted by molar-refractivity contribution is 5.37. The molecule has 0 radical (unpaired) electrons. The molecule has 0 aromatic heterocycles. The lowest BCUT2D eigenvalue weighted by Crippen LogP contribution is -2.37. The van der Waals surface area contributed by atoms with Crippen LogP contribution in [0.2, 0.25) is 0 Å². The minimum atomic E-state index is 0.486. The van der Waals surface area contributed by atoms with Crippen molar-refractivity contribution >= 4 is 0 Å². The lowest BCUT2D eigenvalue weighted by Gasteiger charge is -2.44. The van der Waals surface area contributed by atoms with E-state index < -0.39 is 0 Å². The van der Waals surface area contributed by atoms with Gasteiger partial charge in [-0.15, -0.1) is 6.58 Å². The van der Waals surface area contributed by atoms with Crippen molar-refractivity contribution in [3.05, 3.63) is 42.0 Å². The van der Waals surface area contributed by atoms with Crippen LogP contribution in [0.1, 0.15) is 88.7 Å². The number of hydrogen-bond donors (Lipinski definition) is 0. The summed E-state index contributed by atoms with van der Waals surface area (Å²) in [5.41, 5.74) is 3.15. The quantitative estimate of drug-likeness (QED) is 0.285. The summed E-state index contributed by atoms with van der Waals surface area (Å²) >= 11 is 0. The minimum Gasteiger partial charge on any atom is -0.494 e. The second kappa shape index (κ2) is 11.5. The van der Waals surface area contributed by atoms with Crippen molar-refractivity contribution in [2.45, 2.75) is 96.5 Å². The molecule has 3 aliphatic rings. The third-order valence-corrected chi connectivity index (χ3v) is 8.43. The van der Waals surface area contributed by atoms with Crippen molar-refractivity contribution in [3.63, 3.8) is 0 Å². The SMILES string of the molecule is C=CCO[C@@H]1CC[C@@H]2CC(C3CCc4cc(OCCCCCC)ccc4C3)CCC2C1. The molecule has 4 rings (SSSR count). The zero-order valence-corrected chi connectivity index (χ0v) is 19.8. The van der Waals surface area contributed by atoms with E-state index in [0.717, 1.165) is 42.6 Å². The maximum atomic E-state index is 6.04. The Bertz CT molecular complexity index is 696. The monoisotopic (exact) mass is 424 g/mol. The fraction of sp³-hybridized carbons (Fsp3) is 0.724. The van der Waals surface area contributed by atoms with Crippen LogP contribution in [0.5, 0.6) is 5.75 Å². The number of hydrogen-bond acceptors (Lipinski definition) is 2. The molecule has 2 saturated carbocycles. The molecule has 2 nitrogen and oxygen atoms in total. The van der Waals surface area contributed by atoms with E-state index in [1.165, 1.54) is 83.5 Å². The summed E-state index contributed by atoms with van der Waals surface area (Å²) in [4.78, 5) is 0. The molecule has 5 atom stereocenters. The maximum absolute atomic E-state index is 6.04. The van der Waals surface area contributed by atoms with Crippen LogP contribution < -0.4 is 4.74 Å². The van der Waals surface area contributed by atoms with Crippen LogP contribution in [-0.2, 0) is 17.6 Å². The molecule has 0 spiro atoms. The predicted molar refractivity (Wildman–Crippen MR) is 130 cm³/mol. The number of fused-ring (bicyclic) bond motifs is 2. The average molecular weight is 425 g/mol. The summed E-state index contributed by atoms with van der Waals surface area (Å²) < 4.78 is 12.0. The van der Waals surface area contributed by atoms with Gasteiger partial charge in [-0.2, -0.15) is 0 Å². The van der Waals surface area contributed by atoms with Gasteiger partial charge in [0.2, 0.25) is 0 Å². The van der Waals surface area contributed by atoms with Gasteiger partial charge in [0.1, 0.15) is 5.75 Å². The molecule has 1 aromatic carbocycles. The predicted octanol–water partition coefficient (Wildman–Crippen LogP) is 7.54. The molecule has 0 bridgehead atoms. The summed E-state index contributed by atoms with van der Waals surface area (Å²) in [6.07, 6.45) is 19.6. The second-order valence-corrected chi connectivity index (χ2v) is 10.5. The molecule has 0 heterocycles. The lowest BCUT2D eigenvalue weighted by molar-refractivity contribution is -0.0137.